The Morgan fingerprint density at radius 3 is 2.77 bits per heavy atom. The second kappa shape index (κ2) is 9.78. The van der Waals surface area contributed by atoms with Crippen LogP contribution in [0.2, 0.25) is 0 Å². The van der Waals surface area contributed by atoms with Gasteiger partial charge in [-0.15, -0.1) is 0 Å². The summed E-state index contributed by atoms with van der Waals surface area (Å²) in [5, 5.41) is 0. The van der Waals surface area contributed by atoms with E-state index in [2.05, 4.69) is 60.1 Å². The quantitative estimate of drug-likeness (QED) is 0.365. The third-order valence-electron chi connectivity index (χ3n) is 4.71. The normalized spacial score (nSPS) is 19.3. The molecule has 0 saturated carbocycles. The highest BCUT2D eigenvalue weighted by Gasteiger charge is 2.24. The minimum atomic E-state index is 0.630. The topological polar surface area (TPSA) is 7.12 Å². The molecular weight excluding hydrogens is 268 g/mol. The minimum absolute atomic E-state index is 0.630. The molecule has 0 aromatic carbocycles. The summed E-state index contributed by atoms with van der Waals surface area (Å²) in [6.07, 6.45) is 19.7. The van der Waals surface area contributed by atoms with Crippen molar-refractivity contribution in [2.24, 2.45) is 0 Å². The first-order valence-electron chi connectivity index (χ1n) is 9.15. The highest BCUT2D eigenvalue weighted by atomic mass is 15.1. The maximum Gasteiger partial charge on any atom is 0.173 e. The molecule has 1 saturated heterocycles. The Hall–Kier alpha value is -1.15. The molecule has 0 amide bonds. The lowest BCUT2D eigenvalue weighted by atomic mass is 10.1. The zero-order chi connectivity index (χ0) is 15.6. The van der Waals surface area contributed by atoms with Crippen LogP contribution in [-0.2, 0) is 6.54 Å². The standard InChI is InChI=1S/C20H33N2/c1-3-4-5-6-7-8-9-10-16-22-17-11-13-19(18-22)20-14-12-15-21(20)2/h7-8,11,13,17-18,20H,3-6,9-10,12,14-16H2,1-2H3/q+1/t20-/m0/s1. The van der Waals surface area contributed by atoms with Crippen LogP contribution in [0.5, 0.6) is 0 Å². The lowest BCUT2D eigenvalue weighted by Crippen LogP contribution is -2.34. The van der Waals surface area contributed by atoms with E-state index in [9.17, 15) is 0 Å². The summed E-state index contributed by atoms with van der Waals surface area (Å²) in [5.41, 5.74) is 1.48. The van der Waals surface area contributed by atoms with Crippen molar-refractivity contribution in [2.45, 2.75) is 70.9 Å². The summed E-state index contributed by atoms with van der Waals surface area (Å²) in [7, 11) is 2.25. The molecule has 1 aromatic heterocycles. The van der Waals surface area contributed by atoms with Gasteiger partial charge in [0.2, 0.25) is 0 Å². The summed E-state index contributed by atoms with van der Waals surface area (Å²) in [6.45, 7) is 4.63. The number of rotatable bonds is 9. The Bertz CT molecular complexity index is 453. The molecule has 2 heteroatoms. The monoisotopic (exact) mass is 301 g/mol. The molecule has 2 rings (SSSR count). The number of aryl methyl sites for hydroxylation is 1. The number of likely N-dealkylation sites (tertiary alicyclic amines) is 1. The number of hydrogen-bond acceptors (Lipinski definition) is 1. The van der Waals surface area contributed by atoms with Crippen molar-refractivity contribution in [3.63, 3.8) is 0 Å². The van der Waals surface area contributed by atoms with Crippen LogP contribution in [-0.4, -0.2) is 18.5 Å². The van der Waals surface area contributed by atoms with Gasteiger partial charge in [-0.05, 0) is 51.8 Å². The Morgan fingerprint density at radius 2 is 2.05 bits per heavy atom. The SMILES string of the molecule is CCCCCC=CCCC[n+]1cccc([C@@H]2CCCN2C)c1. The first kappa shape index (κ1) is 17.2. The average molecular weight is 301 g/mol. The van der Waals surface area contributed by atoms with Crippen molar-refractivity contribution in [1.82, 2.24) is 4.90 Å². The van der Waals surface area contributed by atoms with E-state index < -0.39 is 0 Å². The van der Waals surface area contributed by atoms with Crippen molar-refractivity contribution in [1.29, 1.82) is 0 Å². The van der Waals surface area contributed by atoms with E-state index in [0.29, 0.717) is 6.04 Å². The predicted molar refractivity (Wildman–Crippen MR) is 93.8 cm³/mol. The van der Waals surface area contributed by atoms with Gasteiger partial charge in [0.15, 0.2) is 12.4 Å². The molecule has 22 heavy (non-hydrogen) atoms. The molecule has 2 nitrogen and oxygen atoms in total. The maximum absolute atomic E-state index is 2.48. The fraction of sp³-hybridized carbons (Fsp3) is 0.650. The molecule has 1 atom stereocenters. The molecule has 0 bridgehead atoms. The Labute approximate surface area is 136 Å². The lowest BCUT2D eigenvalue weighted by molar-refractivity contribution is -0.697. The maximum atomic E-state index is 2.48. The number of aromatic nitrogens is 1. The second-order valence-corrected chi connectivity index (χ2v) is 6.62. The lowest BCUT2D eigenvalue weighted by Gasteiger charge is -2.18. The van der Waals surface area contributed by atoms with Gasteiger partial charge in [0.25, 0.3) is 0 Å². The van der Waals surface area contributed by atoms with Crippen LogP contribution in [0.1, 0.15) is 69.9 Å². The number of allylic oxidation sites excluding steroid dienone is 2. The molecule has 1 aromatic rings. The van der Waals surface area contributed by atoms with Crippen LogP contribution in [0.15, 0.2) is 36.7 Å². The molecule has 0 N–H and O–H groups in total. The zero-order valence-electron chi connectivity index (χ0n) is 14.5. The van der Waals surface area contributed by atoms with E-state index in [1.807, 2.05) is 0 Å². The van der Waals surface area contributed by atoms with Gasteiger partial charge >= 0.3 is 0 Å². The van der Waals surface area contributed by atoms with Crippen molar-refractivity contribution >= 4 is 0 Å². The highest BCUT2D eigenvalue weighted by molar-refractivity contribution is 5.12. The predicted octanol–water partition coefficient (Wildman–Crippen LogP) is 4.66. The molecule has 1 fully saturated rings. The van der Waals surface area contributed by atoms with Gasteiger partial charge < -0.3 is 0 Å². The molecule has 1 aliphatic rings. The minimum Gasteiger partial charge on any atom is -0.299 e. The Balaban J connectivity index is 1.72. The summed E-state index contributed by atoms with van der Waals surface area (Å²) >= 11 is 0. The fourth-order valence-corrected chi connectivity index (χ4v) is 3.35. The van der Waals surface area contributed by atoms with Crippen LogP contribution in [0.4, 0.5) is 0 Å². The van der Waals surface area contributed by atoms with Gasteiger partial charge in [0.1, 0.15) is 6.54 Å². The first-order valence-corrected chi connectivity index (χ1v) is 9.15. The fourth-order valence-electron chi connectivity index (χ4n) is 3.35. The molecule has 0 radical (unpaired) electrons. The van der Waals surface area contributed by atoms with Crippen molar-refractivity contribution in [2.75, 3.05) is 13.6 Å². The van der Waals surface area contributed by atoms with Crippen LogP contribution >= 0.6 is 0 Å². The second-order valence-electron chi connectivity index (χ2n) is 6.62. The van der Waals surface area contributed by atoms with E-state index in [0.717, 1.165) is 6.54 Å². The number of hydrogen-bond donors (Lipinski definition) is 0. The van der Waals surface area contributed by atoms with Crippen molar-refractivity contribution in [3.8, 4) is 0 Å². The molecular formula is C20H33N2+. The van der Waals surface area contributed by atoms with E-state index in [1.165, 1.54) is 63.5 Å². The molecule has 2 heterocycles. The van der Waals surface area contributed by atoms with Crippen LogP contribution < -0.4 is 4.57 Å². The van der Waals surface area contributed by atoms with Crippen molar-refractivity contribution in [3.05, 3.63) is 42.2 Å². The molecule has 0 spiro atoms. The molecule has 122 valence electrons. The summed E-state index contributed by atoms with van der Waals surface area (Å²) < 4.78 is 2.37. The zero-order valence-corrected chi connectivity index (χ0v) is 14.5. The number of nitrogens with zero attached hydrogens (tertiary/aromatic N) is 2. The van der Waals surface area contributed by atoms with Gasteiger partial charge in [0.05, 0.1) is 0 Å². The molecule has 1 aliphatic heterocycles. The summed E-state index contributed by atoms with van der Waals surface area (Å²) in [5.74, 6) is 0. The van der Waals surface area contributed by atoms with Gasteiger partial charge in [0, 0.05) is 24.1 Å². The van der Waals surface area contributed by atoms with Gasteiger partial charge in [-0.2, -0.15) is 0 Å². The first-order chi connectivity index (χ1) is 10.8. The van der Waals surface area contributed by atoms with E-state index in [1.54, 1.807) is 0 Å². The summed E-state index contributed by atoms with van der Waals surface area (Å²) in [4.78, 5) is 2.48. The van der Waals surface area contributed by atoms with Crippen LogP contribution in [0.3, 0.4) is 0 Å². The van der Waals surface area contributed by atoms with E-state index in [4.69, 9.17) is 0 Å². The van der Waals surface area contributed by atoms with Gasteiger partial charge in [-0.25, -0.2) is 4.57 Å². The van der Waals surface area contributed by atoms with Gasteiger partial charge in [-0.3, -0.25) is 4.90 Å². The third kappa shape index (κ3) is 5.57. The molecule has 0 unspecified atom stereocenters. The largest absolute Gasteiger partial charge is 0.299 e. The smallest absolute Gasteiger partial charge is 0.173 e. The van der Waals surface area contributed by atoms with E-state index in [-0.39, 0.29) is 0 Å². The van der Waals surface area contributed by atoms with Crippen LogP contribution in [0.25, 0.3) is 0 Å². The Kier molecular flexibility index (Phi) is 7.65. The van der Waals surface area contributed by atoms with E-state index >= 15 is 0 Å². The van der Waals surface area contributed by atoms with Crippen molar-refractivity contribution < 1.29 is 4.57 Å². The van der Waals surface area contributed by atoms with Gasteiger partial charge in [-0.1, -0.05) is 31.9 Å². The molecule has 0 aliphatic carbocycles. The van der Waals surface area contributed by atoms with Crippen LogP contribution in [0, 0.1) is 0 Å². The number of unbranched alkanes of at least 4 members (excludes halogenated alkanes) is 4. The third-order valence-corrected chi connectivity index (χ3v) is 4.71. The number of pyridine rings is 1. The summed E-state index contributed by atoms with van der Waals surface area (Å²) in [6, 6.07) is 5.13. The highest BCUT2D eigenvalue weighted by Crippen LogP contribution is 2.29. The average Bonchev–Trinajstić information content (AvgIpc) is 2.96. The Morgan fingerprint density at radius 1 is 1.23 bits per heavy atom.